The second kappa shape index (κ2) is 8.16. The van der Waals surface area contributed by atoms with E-state index in [9.17, 15) is 5.11 Å². The molecule has 3 unspecified atom stereocenters. The zero-order chi connectivity index (χ0) is 13.4. The number of nitrogens with one attached hydrogen (secondary N) is 1. The van der Waals surface area contributed by atoms with Crippen molar-refractivity contribution in [2.75, 3.05) is 0 Å². The maximum Gasteiger partial charge on any atom is 0.0710 e. The van der Waals surface area contributed by atoms with E-state index in [1.165, 1.54) is 57.8 Å². The number of hydrogen-bond donors (Lipinski definition) is 2. The molecule has 1 saturated carbocycles. The van der Waals surface area contributed by atoms with E-state index in [1.807, 2.05) is 0 Å². The average Bonchev–Trinajstić information content (AvgIpc) is 3.01. The fourth-order valence-electron chi connectivity index (χ4n) is 2.76. The maximum absolute atomic E-state index is 9.51. The highest BCUT2D eigenvalue weighted by Gasteiger charge is 2.39. The molecule has 18 heavy (non-hydrogen) atoms. The molecule has 0 bridgehead atoms. The van der Waals surface area contributed by atoms with Crippen molar-refractivity contribution in [1.29, 1.82) is 0 Å². The van der Waals surface area contributed by atoms with Gasteiger partial charge in [-0.1, -0.05) is 58.8 Å². The molecule has 0 spiro atoms. The van der Waals surface area contributed by atoms with Crippen LogP contribution in [0.4, 0.5) is 0 Å². The van der Waals surface area contributed by atoms with Crippen LogP contribution in [0.2, 0.25) is 0 Å². The van der Waals surface area contributed by atoms with E-state index in [4.69, 9.17) is 0 Å². The van der Waals surface area contributed by atoms with Crippen LogP contribution in [0.3, 0.4) is 0 Å². The highest BCUT2D eigenvalue weighted by atomic mass is 16.3. The smallest absolute Gasteiger partial charge is 0.0710 e. The summed E-state index contributed by atoms with van der Waals surface area (Å²) >= 11 is 0. The normalized spacial score (nSPS) is 26.0. The Kier molecular flexibility index (Phi) is 7.25. The van der Waals surface area contributed by atoms with Crippen LogP contribution in [-0.4, -0.2) is 22.8 Å². The topological polar surface area (TPSA) is 32.3 Å². The minimum atomic E-state index is -0.0776. The van der Waals surface area contributed by atoms with Crippen molar-refractivity contribution >= 4 is 0 Å². The van der Waals surface area contributed by atoms with E-state index in [1.54, 1.807) is 0 Å². The number of unbranched alkanes of at least 4 members (excludes halogenated alkanes) is 5. The number of rotatable bonds is 11. The largest absolute Gasteiger partial charge is 0.391 e. The molecule has 2 nitrogen and oxygen atoms in total. The number of aliphatic hydroxyl groups is 1. The summed E-state index contributed by atoms with van der Waals surface area (Å²) < 4.78 is 0. The van der Waals surface area contributed by atoms with E-state index >= 15 is 0 Å². The lowest BCUT2D eigenvalue weighted by molar-refractivity contribution is 0.229. The van der Waals surface area contributed by atoms with Crippen LogP contribution < -0.4 is 5.32 Å². The van der Waals surface area contributed by atoms with Gasteiger partial charge in [-0.15, -0.1) is 0 Å². The predicted octanol–water partition coefficient (Wildman–Crippen LogP) is 4.02. The van der Waals surface area contributed by atoms with Crippen molar-refractivity contribution in [3.63, 3.8) is 0 Å². The van der Waals surface area contributed by atoms with E-state index in [0.717, 1.165) is 6.42 Å². The molecule has 2 heteroatoms. The molecule has 0 aromatic heterocycles. The molecule has 0 aromatic carbocycles. The van der Waals surface area contributed by atoms with Crippen molar-refractivity contribution in [1.82, 2.24) is 5.32 Å². The first-order valence-electron chi connectivity index (χ1n) is 8.07. The molecule has 2 N–H and O–H groups in total. The molecule has 0 amide bonds. The van der Waals surface area contributed by atoms with Crippen LogP contribution in [0, 0.1) is 0 Å². The first kappa shape index (κ1) is 16.0. The highest BCUT2D eigenvalue weighted by Crippen LogP contribution is 2.29. The van der Waals surface area contributed by atoms with Gasteiger partial charge < -0.3 is 10.4 Å². The van der Waals surface area contributed by atoms with Crippen LogP contribution in [0.5, 0.6) is 0 Å². The highest BCUT2D eigenvalue weighted by molar-refractivity contribution is 4.99. The van der Waals surface area contributed by atoms with Crippen molar-refractivity contribution in [2.24, 2.45) is 0 Å². The van der Waals surface area contributed by atoms with Gasteiger partial charge in [0.25, 0.3) is 0 Å². The van der Waals surface area contributed by atoms with Crippen molar-refractivity contribution in [3.8, 4) is 0 Å². The third-order valence-corrected chi connectivity index (χ3v) is 4.20. The fourth-order valence-corrected chi connectivity index (χ4v) is 2.76. The molecule has 1 aliphatic rings. The maximum atomic E-state index is 9.51. The molecule has 3 atom stereocenters. The second-order valence-corrected chi connectivity index (χ2v) is 6.38. The minimum absolute atomic E-state index is 0.0776. The Balaban J connectivity index is 2.29. The van der Waals surface area contributed by atoms with E-state index < -0.39 is 0 Å². The predicted molar refractivity (Wildman–Crippen MR) is 78.9 cm³/mol. The molecular formula is C16H33NO. The number of aliphatic hydroxyl groups excluding tert-OH is 1. The Bertz CT molecular complexity index is 219. The molecule has 0 aliphatic heterocycles. The van der Waals surface area contributed by atoms with Gasteiger partial charge >= 0.3 is 0 Å². The van der Waals surface area contributed by atoms with Crippen LogP contribution in [0.15, 0.2) is 0 Å². The Hall–Kier alpha value is -0.0800. The summed E-state index contributed by atoms with van der Waals surface area (Å²) in [4.78, 5) is 0. The third kappa shape index (κ3) is 6.19. The number of hydrogen-bond acceptors (Lipinski definition) is 2. The van der Waals surface area contributed by atoms with Gasteiger partial charge in [-0.25, -0.2) is 0 Å². The summed E-state index contributed by atoms with van der Waals surface area (Å²) in [6.45, 7) is 6.88. The summed E-state index contributed by atoms with van der Waals surface area (Å²) in [6.07, 6.45) is 12.7. The van der Waals surface area contributed by atoms with Gasteiger partial charge in [0.2, 0.25) is 0 Å². The van der Waals surface area contributed by atoms with Crippen LogP contribution in [-0.2, 0) is 0 Å². The van der Waals surface area contributed by atoms with Crippen molar-refractivity contribution in [3.05, 3.63) is 0 Å². The van der Waals surface area contributed by atoms with E-state index in [-0.39, 0.29) is 11.6 Å². The van der Waals surface area contributed by atoms with E-state index in [2.05, 4.69) is 26.1 Å². The van der Waals surface area contributed by atoms with Crippen molar-refractivity contribution in [2.45, 2.75) is 103 Å². The zero-order valence-corrected chi connectivity index (χ0v) is 12.7. The summed E-state index contributed by atoms with van der Waals surface area (Å²) in [5.74, 6) is 0. The van der Waals surface area contributed by atoms with Gasteiger partial charge in [-0.3, -0.25) is 0 Å². The molecule has 0 radical (unpaired) electrons. The standard InChI is InChI=1S/C16H33NO/c1-4-6-8-10-12-16(3,11-9-7-5-2)17-14-13-15(14)18/h14-15,17-18H,4-13H2,1-3H3. The van der Waals surface area contributed by atoms with Crippen molar-refractivity contribution < 1.29 is 5.11 Å². The SMILES string of the molecule is CCCCCCC(C)(CCCCC)NC1CC1O. The molecule has 108 valence electrons. The molecule has 0 aromatic rings. The Labute approximate surface area is 114 Å². The Morgan fingerprint density at radius 1 is 1.00 bits per heavy atom. The molecule has 1 fully saturated rings. The lowest BCUT2D eigenvalue weighted by Crippen LogP contribution is -2.44. The Morgan fingerprint density at radius 3 is 2.00 bits per heavy atom. The van der Waals surface area contributed by atoms with Crippen LogP contribution in [0.25, 0.3) is 0 Å². The molecule has 0 saturated heterocycles. The summed E-state index contributed by atoms with van der Waals surface area (Å²) in [5.41, 5.74) is 0.255. The van der Waals surface area contributed by atoms with Gasteiger partial charge in [0.1, 0.15) is 0 Å². The lowest BCUT2D eigenvalue weighted by Gasteiger charge is -2.32. The van der Waals surface area contributed by atoms with Gasteiger partial charge in [0.05, 0.1) is 6.10 Å². The fraction of sp³-hybridized carbons (Fsp3) is 1.00. The monoisotopic (exact) mass is 255 g/mol. The third-order valence-electron chi connectivity index (χ3n) is 4.20. The average molecular weight is 255 g/mol. The van der Waals surface area contributed by atoms with Gasteiger partial charge in [0.15, 0.2) is 0 Å². The van der Waals surface area contributed by atoms with Gasteiger partial charge in [0, 0.05) is 11.6 Å². The minimum Gasteiger partial charge on any atom is -0.391 e. The summed E-state index contributed by atoms with van der Waals surface area (Å²) in [7, 11) is 0. The molecule has 1 aliphatic carbocycles. The molecular weight excluding hydrogens is 222 g/mol. The van der Waals surface area contributed by atoms with Gasteiger partial charge in [-0.05, 0) is 26.2 Å². The zero-order valence-electron chi connectivity index (χ0n) is 12.7. The first-order chi connectivity index (χ1) is 8.61. The van der Waals surface area contributed by atoms with Crippen LogP contribution in [0.1, 0.15) is 85.0 Å². The van der Waals surface area contributed by atoms with Crippen LogP contribution >= 0.6 is 0 Å². The quantitative estimate of drug-likeness (QED) is 0.547. The summed E-state index contributed by atoms with van der Waals surface area (Å²) in [6, 6.07) is 0.378. The lowest BCUT2D eigenvalue weighted by atomic mass is 9.88. The van der Waals surface area contributed by atoms with E-state index in [0.29, 0.717) is 6.04 Å². The Morgan fingerprint density at radius 2 is 1.50 bits per heavy atom. The summed E-state index contributed by atoms with van der Waals surface area (Å²) in [5, 5.41) is 13.2. The van der Waals surface area contributed by atoms with Gasteiger partial charge in [-0.2, -0.15) is 0 Å². The molecule has 1 rings (SSSR count). The first-order valence-corrected chi connectivity index (χ1v) is 8.07. The second-order valence-electron chi connectivity index (χ2n) is 6.38. The molecule has 0 heterocycles.